The molecule has 0 atom stereocenters. The molecule has 0 aliphatic carbocycles. The largest absolute Gasteiger partial charge is 0.491 e. The van der Waals surface area contributed by atoms with Crippen LogP contribution in [0.3, 0.4) is 0 Å². The molecule has 2 aromatic heterocycles. The molecule has 0 fully saturated rings. The lowest BCUT2D eigenvalue weighted by Gasteiger charge is -2.19. The van der Waals surface area contributed by atoms with E-state index in [1.807, 2.05) is 44.3 Å². The number of nitrogens with zero attached hydrogens (tertiary/aromatic N) is 2. The number of pyridine rings is 1. The number of benzene rings is 2. The second-order valence-corrected chi connectivity index (χ2v) is 8.10. The van der Waals surface area contributed by atoms with Gasteiger partial charge in [0.25, 0.3) is 0 Å². The van der Waals surface area contributed by atoms with E-state index in [0.717, 1.165) is 56.6 Å². The van der Waals surface area contributed by atoms with Crippen LogP contribution in [-0.2, 0) is 0 Å². The molecule has 0 radical (unpaired) electrons. The van der Waals surface area contributed by atoms with Crippen LogP contribution in [0.4, 0.5) is 5.69 Å². The Morgan fingerprint density at radius 2 is 1.87 bits per heavy atom. The van der Waals surface area contributed by atoms with Gasteiger partial charge in [0, 0.05) is 34.6 Å². The van der Waals surface area contributed by atoms with E-state index in [1.165, 1.54) is 0 Å². The van der Waals surface area contributed by atoms with Crippen LogP contribution in [0.15, 0.2) is 73.1 Å². The molecule has 4 aromatic rings. The van der Waals surface area contributed by atoms with Crippen molar-refractivity contribution in [3.05, 3.63) is 89.3 Å². The van der Waals surface area contributed by atoms with Gasteiger partial charge in [-0.1, -0.05) is 35.9 Å². The molecule has 4 nitrogen and oxygen atoms in total. The number of ether oxygens (including phenoxy) is 1. The number of aromatic nitrogens is 2. The minimum atomic E-state index is 0.168. The molecule has 0 bridgehead atoms. The summed E-state index contributed by atoms with van der Waals surface area (Å²) in [6.07, 6.45) is 6.39. The summed E-state index contributed by atoms with van der Waals surface area (Å²) in [5.41, 5.74) is 7.60. The van der Waals surface area contributed by atoms with Gasteiger partial charge in [0.2, 0.25) is 0 Å². The minimum Gasteiger partial charge on any atom is -0.491 e. The average Bonchev–Trinajstić information content (AvgIpc) is 3.16. The number of rotatable bonds is 4. The van der Waals surface area contributed by atoms with Crippen LogP contribution in [0, 0.1) is 0 Å². The molecule has 0 saturated heterocycles. The third-order valence-corrected chi connectivity index (χ3v) is 5.45. The predicted molar refractivity (Wildman–Crippen MR) is 123 cm³/mol. The maximum atomic E-state index is 6.17. The summed E-state index contributed by atoms with van der Waals surface area (Å²) < 4.78 is 7.88. The van der Waals surface area contributed by atoms with Crippen molar-refractivity contribution >= 4 is 28.5 Å². The Morgan fingerprint density at radius 3 is 2.67 bits per heavy atom. The highest BCUT2D eigenvalue weighted by Gasteiger charge is 2.17. The fraction of sp³-hybridized carbons (Fsp3) is 0.160. The van der Waals surface area contributed by atoms with E-state index in [4.69, 9.17) is 16.3 Å². The summed E-state index contributed by atoms with van der Waals surface area (Å²) in [6.45, 7) is 4.82. The van der Waals surface area contributed by atoms with E-state index in [9.17, 15) is 0 Å². The third-order valence-electron chi connectivity index (χ3n) is 5.22. The van der Waals surface area contributed by atoms with Crippen LogP contribution in [0.1, 0.15) is 25.1 Å². The molecule has 1 aliphatic heterocycles. The molecule has 1 N–H and O–H groups in total. The van der Waals surface area contributed by atoms with Crippen molar-refractivity contribution in [3.8, 4) is 16.9 Å². The number of hydrogen-bond donors (Lipinski definition) is 1. The fourth-order valence-electron chi connectivity index (χ4n) is 3.87. The zero-order valence-corrected chi connectivity index (χ0v) is 17.6. The third kappa shape index (κ3) is 3.44. The molecular formula is C25H22ClN3O. The molecule has 0 saturated carbocycles. The molecule has 0 spiro atoms. The van der Waals surface area contributed by atoms with E-state index in [1.54, 1.807) is 0 Å². The van der Waals surface area contributed by atoms with E-state index in [-0.39, 0.29) is 6.10 Å². The maximum Gasteiger partial charge on any atom is 0.137 e. The van der Waals surface area contributed by atoms with Crippen LogP contribution in [0.25, 0.3) is 22.3 Å². The number of halogens is 1. The zero-order chi connectivity index (χ0) is 20.7. The Labute approximate surface area is 180 Å². The van der Waals surface area contributed by atoms with Crippen molar-refractivity contribution in [2.75, 3.05) is 11.9 Å². The van der Waals surface area contributed by atoms with Crippen LogP contribution in [0.5, 0.6) is 5.75 Å². The lowest BCUT2D eigenvalue weighted by Crippen LogP contribution is -2.09. The molecule has 150 valence electrons. The van der Waals surface area contributed by atoms with Crippen molar-refractivity contribution < 1.29 is 4.74 Å². The summed E-state index contributed by atoms with van der Waals surface area (Å²) >= 11 is 6.17. The smallest absolute Gasteiger partial charge is 0.137 e. The number of nitrogens with one attached hydrogen (secondary N) is 1. The normalized spacial score (nSPS) is 13.1. The van der Waals surface area contributed by atoms with Crippen molar-refractivity contribution in [1.29, 1.82) is 0 Å². The Balaban J connectivity index is 1.50. The van der Waals surface area contributed by atoms with Crippen molar-refractivity contribution in [2.45, 2.75) is 20.0 Å². The van der Waals surface area contributed by atoms with Crippen LogP contribution in [-0.4, -0.2) is 22.0 Å². The zero-order valence-electron chi connectivity index (χ0n) is 16.9. The van der Waals surface area contributed by atoms with Gasteiger partial charge in [0.05, 0.1) is 18.0 Å². The average molecular weight is 416 g/mol. The van der Waals surface area contributed by atoms with E-state index in [2.05, 4.69) is 57.3 Å². The Hall–Kier alpha value is -3.24. The molecular weight excluding hydrogens is 394 g/mol. The van der Waals surface area contributed by atoms with Gasteiger partial charge in [0.15, 0.2) is 0 Å². The summed E-state index contributed by atoms with van der Waals surface area (Å²) in [6, 6.07) is 18.4. The van der Waals surface area contributed by atoms with Crippen molar-refractivity contribution in [2.24, 2.45) is 0 Å². The van der Waals surface area contributed by atoms with Gasteiger partial charge in [-0.15, -0.1) is 0 Å². The van der Waals surface area contributed by atoms with Crippen molar-refractivity contribution in [1.82, 2.24) is 9.38 Å². The molecule has 2 aromatic carbocycles. The highest BCUT2D eigenvalue weighted by Crippen LogP contribution is 2.35. The van der Waals surface area contributed by atoms with Gasteiger partial charge in [-0.05, 0) is 61.4 Å². The highest BCUT2D eigenvalue weighted by molar-refractivity contribution is 6.31. The number of imidazole rings is 1. The SMILES string of the molecule is CC(C)Oc1ccc(-c2ccn3c(C4=CCNc5cc(Cl)ccc54)cnc3c2)cc1. The van der Waals surface area contributed by atoms with Crippen LogP contribution >= 0.6 is 11.6 Å². The highest BCUT2D eigenvalue weighted by atomic mass is 35.5. The number of anilines is 1. The van der Waals surface area contributed by atoms with E-state index >= 15 is 0 Å². The second-order valence-electron chi connectivity index (χ2n) is 7.67. The standard InChI is InChI=1S/C25H22ClN3O/c1-16(2)30-20-6-3-17(4-7-20)18-10-12-29-24(15-28-25(29)13-18)22-9-11-27-23-14-19(26)5-8-21(22)23/h3-10,12-16,27H,11H2,1-2H3. The molecule has 1 aliphatic rings. The van der Waals surface area contributed by atoms with Gasteiger partial charge >= 0.3 is 0 Å². The Morgan fingerprint density at radius 1 is 1.03 bits per heavy atom. The molecule has 5 rings (SSSR count). The van der Waals surface area contributed by atoms with Gasteiger partial charge in [-0.2, -0.15) is 0 Å². The number of hydrogen-bond acceptors (Lipinski definition) is 3. The topological polar surface area (TPSA) is 38.6 Å². The fourth-order valence-corrected chi connectivity index (χ4v) is 4.04. The maximum absolute atomic E-state index is 6.17. The lowest BCUT2D eigenvalue weighted by atomic mass is 9.98. The van der Waals surface area contributed by atoms with Gasteiger partial charge in [-0.3, -0.25) is 4.40 Å². The first-order valence-electron chi connectivity index (χ1n) is 10.1. The Bertz CT molecular complexity index is 1260. The minimum absolute atomic E-state index is 0.168. The van der Waals surface area contributed by atoms with E-state index in [0.29, 0.717) is 0 Å². The Kier molecular flexibility index (Phi) is 4.72. The summed E-state index contributed by atoms with van der Waals surface area (Å²) in [7, 11) is 0. The molecule has 3 heterocycles. The van der Waals surface area contributed by atoms with Gasteiger partial charge < -0.3 is 10.1 Å². The second kappa shape index (κ2) is 7.54. The predicted octanol–water partition coefficient (Wildman–Crippen LogP) is 6.30. The lowest BCUT2D eigenvalue weighted by molar-refractivity contribution is 0.242. The number of fused-ring (bicyclic) bond motifs is 2. The molecule has 5 heteroatoms. The summed E-state index contributed by atoms with van der Waals surface area (Å²) in [5, 5.41) is 4.12. The first-order valence-corrected chi connectivity index (χ1v) is 10.4. The quantitative estimate of drug-likeness (QED) is 0.425. The molecule has 0 amide bonds. The summed E-state index contributed by atoms with van der Waals surface area (Å²) in [4.78, 5) is 4.68. The first-order chi connectivity index (χ1) is 14.6. The van der Waals surface area contributed by atoms with Crippen LogP contribution in [0.2, 0.25) is 5.02 Å². The van der Waals surface area contributed by atoms with Gasteiger partial charge in [0.1, 0.15) is 11.4 Å². The van der Waals surface area contributed by atoms with Gasteiger partial charge in [-0.25, -0.2) is 4.98 Å². The summed E-state index contributed by atoms with van der Waals surface area (Å²) in [5.74, 6) is 0.884. The van der Waals surface area contributed by atoms with Crippen LogP contribution < -0.4 is 10.1 Å². The molecule has 0 unspecified atom stereocenters. The molecule has 30 heavy (non-hydrogen) atoms. The van der Waals surface area contributed by atoms with Crippen molar-refractivity contribution in [3.63, 3.8) is 0 Å². The van der Waals surface area contributed by atoms with E-state index < -0.39 is 0 Å². The monoisotopic (exact) mass is 415 g/mol. The first kappa shape index (κ1) is 18.8.